The third-order valence-corrected chi connectivity index (χ3v) is 4.55. The zero-order valence-corrected chi connectivity index (χ0v) is 13.8. The molecule has 0 radical (unpaired) electrons. The van der Waals surface area contributed by atoms with Gasteiger partial charge in [0.1, 0.15) is 5.82 Å². The number of thioether (sulfide) groups is 1. The Hall–Kier alpha value is -2.41. The number of halogens is 1. The zero-order valence-electron chi connectivity index (χ0n) is 13.0. The fourth-order valence-electron chi connectivity index (χ4n) is 2.24. The van der Waals surface area contributed by atoms with Crippen LogP contribution < -0.4 is 5.32 Å². The molecular formula is C17H17FN4OS. The lowest BCUT2D eigenvalue weighted by atomic mass is 10.2. The third-order valence-electron chi connectivity index (χ3n) is 3.52. The van der Waals surface area contributed by atoms with Crippen molar-refractivity contribution in [1.82, 2.24) is 19.7 Å². The summed E-state index contributed by atoms with van der Waals surface area (Å²) in [6.07, 6.45) is 7.37. The van der Waals surface area contributed by atoms with Gasteiger partial charge in [-0.25, -0.2) is 9.37 Å². The molecule has 1 N–H and O–H groups in total. The quantitative estimate of drug-likeness (QED) is 0.670. The number of amides is 1. The van der Waals surface area contributed by atoms with Gasteiger partial charge in [-0.3, -0.25) is 14.2 Å². The van der Waals surface area contributed by atoms with Gasteiger partial charge in [0.15, 0.2) is 5.65 Å². The average molecular weight is 344 g/mol. The molecule has 3 rings (SSSR count). The van der Waals surface area contributed by atoms with Crippen LogP contribution in [0.25, 0.3) is 5.65 Å². The summed E-state index contributed by atoms with van der Waals surface area (Å²) < 4.78 is 14.7. The van der Waals surface area contributed by atoms with Crippen LogP contribution in [0.1, 0.15) is 17.7 Å². The normalized spacial score (nSPS) is 10.9. The maximum absolute atomic E-state index is 12.8. The molecular weight excluding hydrogens is 327 g/mol. The molecule has 0 saturated carbocycles. The van der Waals surface area contributed by atoms with E-state index in [9.17, 15) is 9.18 Å². The number of carbonyl (C=O) groups excluding carboxylic acids is 1. The summed E-state index contributed by atoms with van der Waals surface area (Å²) in [5, 5.41) is 2.90. The zero-order chi connectivity index (χ0) is 16.8. The van der Waals surface area contributed by atoms with Crippen molar-refractivity contribution in [3.05, 3.63) is 66.1 Å². The summed E-state index contributed by atoms with van der Waals surface area (Å²) in [4.78, 5) is 20.2. The van der Waals surface area contributed by atoms with Crippen molar-refractivity contribution in [3.63, 3.8) is 0 Å². The number of benzene rings is 1. The molecule has 3 aromatic rings. The highest BCUT2D eigenvalue weighted by atomic mass is 32.2. The van der Waals surface area contributed by atoms with E-state index < -0.39 is 0 Å². The molecule has 1 aromatic carbocycles. The minimum Gasteiger partial charge on any atom is -0.350 e. The van der Waals surface area contributed by atoms with Crippen LogP contribution in [0.5, 0.6) is 0 Å². The molecule has 0 unspecified atom stereocenters. The van der Waals surface area contributed by atoms with Crippen LogP contribution in [0.2, 0.25) is 0 Å². The van der Waals surface area contributed by atoms with Crippen molar-refractivity contribution in [2.45, 2.75) is 18.7 Å². The summed E-state index contributed by atoms with van der Waals surface area (Å²) in [6, 6.07) is 6.44. The molecule has 0 atom stereocenters. The molecule has 0 aliphatic heterocycles. The Morgan fingerprint density at radius 1 is 1.25 bits per heavy atom. The van der Waals surface area contributed by atoms with E-state index in [-0.39, 0.29) is 11.7 Å². The minimum absolute atomic E-state index is 0.00520. The lowest BCUT2D eigenvalue weighted by Gasteiger charge is -2.05. The van der Waals surface area contributed by atoms with Gasteiger partial charge in [0.25, 0.3) is 0 Å². The van der Waals surface area contributed by atoms with Gasteiger partial charge in [0.2, 0.25) is 5.91 Å². The van der Waals surface area contributed by atoms with Crippen LogP contribution in [0, 0.1) is 5.82 Å². The lowest BCUT2D eigenvalue weighted by molar-refractivity contribution is -0.120. The van der Waals surface area contributed by atoms with Crippen molar-refractivity contribution in [1.29, 1.82) is 0 Å². The molecule has 0 aliphatic rings. The van der Waals surface area contributed by atoms with E-state index >= 15 is 0 Å². The van der Waals surface area contributed by atoms with E-state index in [1.54, 1.807) is 42.5 Å². The first-order valence-corrected chi connectivity index (χ1v) is 8.73. The number of imidazole rings is 1. The van der Waals surface area contributed by atoms with Crippen LogP contribution in [0.15, 0.2) is 49.1 Å². The number of hydrogen-bond donors (Lipinski definition) is 1. The molecule has 7 heteroatoms. The van der Waals surface area contributed by atoms with Crippen molar-refractivity contribution >= 4 is 23.3 Å². The van der Waals surface area contributed by atoms with Crippen molar-refractivity contribution in [2.24, 2.45) is 0 Å². The second-order valence-electron chi connectivity index (χ2n) is 5.26. The molecule has 0 spiro atoms. The number of hydrogen-bond acceptors (Lipinski definition) is 4. The van der Waals surface area contributed by atoms with Crippen molar-refractivity contribution < 1.29 is 9.18 Å². The first kappa shape index (κ1) is 16.4. The molecule has 0 bridgehead atoms. The Kier molecular flexibility index (Phi) is 5.43. The number of aromatic nitrogens is 3. The summed E-state index contributed by atoms with van der Waals surface area (Å²) in [5.41, 5.74) is 2.73. The lowest BCUT2D eigenvalue weighted by Crippen LogP contribution is -2.23. The van der Waals surface area contributed by atoms with Crippen LogP contribution in [0.4, 0.5) is 4.39 Å². The summed E-state index contributed by atoms with van der Waals surface area (Å²) in [5.74, 6) is 1.27. The second-order valence-corrected chi connectivity index (χ2v) is 6.37. The highest BCUT2D eigenvalue weighted by molar-refractivity contribution is 7.98. The van der Waals surface area contributed by atoms with Gasteiger partial charge in [-0.1, -0.05) is 12.1 Å². The molecule has 124 valence electrons. The predicted molar refractivity (Wildman–Crippen MR) is 92.0 cm³/mol. The van der Waals surface area contributed by atoms with E-state index in [1.165, 1.54) is 12.1 Å². The van der Waals surface area contributed by atoms with Gasteiger partial charge in [-0.15, -0.1) is 0 Å². The Morgan fingerprint density at radius 2 is 2.08 bits per heavy atom. The fourth-order valence-corrected chi connectivity index (χ4v) is 3.14. The Bertz CT molecular complexity index is 819. The standard InChI is InChI=1S/C17H17FN4OS/c18-14-3-1-13(2-4-14)12-24-8-5-17(23)21-10-15-9-20-16-11-19-6-7-22(15)16/h1-4,6-7,9,11H,5,8,10,12H2,(H,21,23). The van der Waals surface area contributed by atoms with Crippen LogP contribution in [0.3, 0.4) is 0 Å². The number of nitrogens with one attached hydrogen (secondary N) is 1. The van der Waals surface area contributed by atoms with Gasteiger partial charge in [0, 0.05) is 30.3 Å². The molecule has 0 aliphatic carbocycles. The highest BCUT2D eigenvalue weighted by Gasteiger charge is 2.06. The van der Waals surface area contributed by atoms with Gasteiger partial charge in [-0.05, 0) is 17.7 Å². The SMILES string of the molecule is O=C(CCSCc1ccc(F)cc1)NCc1cnc2cnccn12. The monoisotopic (exact) mass is 344 g/mol. The molecule has 5 nitrogen and oxygen atoms in total. The Labute approximate surface area is 143 Å². The first-order chi connectivity index (χ1) is 11.7. The maximum atomic E-state index is 12.8. The second kappa shape index (κ2) is 7.92. The molecule has 2 aromatic heterocycles. The summed E-state index contributed by atoms with van der Waals surface area (Å²) in [6.45, 7) is 0.437. The van der Waals surface area contributed by atoms with E-state index in [2.05, 4.69) is 15.3 Å². The average Bonchev–Trinajstić information content (AvgIpc) is 3.02. The van der Waals surface area contributed by atoms with Gasteiger partial charge >= 0.3 is 0 Å². The predicted octanol–water partition coefficient (Wildman–Crippen LogP) is 2.81. The van der Waals surface area contributed by atoms with E-state index in [4.69, 9.17) is 0 Å². The van der Waals surface area contributed by atoms with Crippen molar-refractivity contribution in [3.8, 4) is 0 Å². The van der Waals surface area contributed by atoms with E-state index in [0.717, 1.165) is 28.4 Å². The van der Waals surface area contributed by atoms with Gasteiger partial charge < -0.3 is 5.32 Å². The number of fused-ring (bicyclic) bond motifs is 1. The largest absolute Gasteiger partial charge is 0.350 e. The summed E-state index contributed by atoms with van der Waals surface area (Å²) >= 11 is 1.66. The Morgan fingerprint density at radius 3 is 2.92 bits per heavy atom. The molecule has 24 heavy (non-hydrogen) atoms. The van der Waals surface area contributed by atoms with Gasteiger partial charge in [-0.2, -0.15) is 11.8 Å². The smallest absolute Gasteiger partial charge is 0.221 e. The molecule has 0 fully saturated rings. The molecule has 0 saturated heterocycles. The molecule has 1 amide bonds. The topological polar surface area (TPSA) is 59.3 Å². The summed E-state index contributed by atoms with van der Waals surface area (Å²) in [7, 11) is 0. The molecule has 2 heterocycles. The number of rotatable bonds is 7. The maximum Gasteiger partial charge on any atom is 0.221 e. The third kappa shape index (κ3) is 4.32. The van der Waals surface area contributed by atoms with Crippen LogP contribution in [-0.2, 0) is 17.1 Å². The van der Waals surface area contributed by atoms with Crippen LogP contribution in [-0.4, -0.2) is 26.0 Å². The highest BCUT2D eigenvalue weighted by Crippen LogP contribution is 2.13. The fraction of sp³-hybridized carbons (Fsp3) is 0.235. The van der Waals surface area contributed by atoms with E-state index in [0.29, 0.717) is 13.0 Å². The Balaban J connectivity index is 1.39. The van der Waals surface area contributed by atoms with Crippen molar-refractivity contribution in [2.75, 3.05) is 5.75 Å². The minimum atomic E-state index is -0.230. The van der Waals surface area contributed by atoms with Gasteiger partial charge in [0.05, 0.1) is 24.6 Å². The first-order valence-electron chi connectivity index (χ1n) is 7.57. The van der Waals surface area contributed by atoms with Crippen LogP contribution >= 0.6 is 11.8 Å². The van der Waals surface area contributed by atoms with E-state index in [1.807, 2.05) is 10.6 Å². The number of nitrogens with zero attached hydrogens (tertiary/aromatic N) is 3. The number of carbonyl (C=O) groups is 1.